The second kappa shape index (κ2) is 8.19. The Morgan fingerprint density at radius 3 is 2.36 bits per heavy atom. The first kappa shape index (κ1) is 19.3. The number of rotatable bonds is 7. The fourth-order valence-corrected chi connectivity index (χ4v) is 2.29. The Kier molecular flexibility index (Phi) is 7.18. The van der Waals surface area contributed by atoms with Crippen molar-refractivity contribution < 1.29 is 29.9 Å². The van der Waals surface area contributed by atoms with Crippen LogP contribution >= 0.6 is 0 Å². The molecule has 0 aromatic rings. The molecule has 1 fully saturated rings. The molecule has 1 aliphatic rings. The van der Waals surface area contributed by atoms with Crippen molar-refractivity contribution in [2.75, 3.05) is 6.61 Å². The molecule has 6 atom stereocenters. The SMILES string of the molecule is C=CC(C)(CCC=C(C)C)O[C@@H]1O[C@H](CO)[C@H](O)[C@H](O)[C@H]1O. The minimum atomic E-state index is -1.44. The maximum Gasteiger partial charge on any atom is 0.187 e. The van der Waals surface area contributed by atoms with Crippen LogP contribution in [0.1, 0.15) is 33.6 Å². The molecule has 1 unspecified atom stereocenters. The van der Waals surface area contributed by atoms with Crippen molar-refractivity contribution in [3.63, 3.8) is 0 Å². The molecule has 4 N–H and O–H groups in total. The zero-order chi connectivity index (χ0) is 16.9. The molecular formula is C16H28O6. The van der Waals surface area contributed by atoms with Gasteiger partial charge in [-0.25, -0.2) is 0 Å². The summed E-state index contributed by atoms with van der Waals surface area (Å²) in [4.78, 5) is 0. The summed E-state index contributed by atoms with van der Waals surface area (Å²) in [6, 6.07) is 0. The van der Waals surface area contributed by atoms with Gasteiger partial charge in [0.1, 0.15) is 24.4 Å². The van der Waals surface area contributed by atoms with Crippen LogP contribution in [-0.4, -0.2) is 63.3 Å². The van der Waals surface area contributed by atoms with Crippen molar-refractivity contribution in [3.8, 4) is 0 Å². The van der Waals surface area contributed by atoms with Crippen LogP contribution in [0.5, 0.6) is 0 Å². The number of allylic oxidation sites excluding steroid dienone is 2. The van der Waals surface area contributed by atoms with E-state index in [2.05, 4.69) is 12.7 Å². The van der Waals surface area contributed by atoms with Gasteiger partial charge in [-0.1, -0.05) is 17.7 Å². The minimum Gasteiger partial charge on any atom is -0.394 e. The van der Waals surface area contributed by atoms with Gasteiger partial charge in [0.25, 0.3) is 0 Å². The van der Waals surface area contributed by atoms with Gasteiger partial charge in [0.2, 0.25) is 0 Å². The Morgan fingerprint density at radius 1 is 1.23 bits per heavy atom. The Bertz CT molecular complexity index is 390. The second-order valence-electron chi connectivity index (χ2n) is 6.15. The van der Waals surface area contributed by atoms with Gasteiger partial charge in [0.05, 0.1) is 12.2 Å². The predicted molar refractivity (Wildman–Crippen MR) is 82.1 cm³/mol. The van der Waals surface area contributed by atoms with E-state index in [-0.39, 0.29) is 0 Å². The quantitative estimate of drug-likeness (QED) is 0.510. The first-order chi connectivity index (χ1) is 10.2. The van der Waals surface area contributed by atoms with Gasteiger partial charge in [0, 0.05) is 0 Å². The molecule has 1 saturated heterocycles. The van der Waals surface area contributed by atoms with Crippen molar-refractivity contribution in [2.24, 2.45) is 0 Å². The molecular weight excluding hydrogens is 288 g/mol. The van der Waals surface area contributed by atoms with Crippen LogP contribution in [0, 0.1) is 0 Å². The largest absolute Gasteiger partial charge is 0.394 e. The average molecular weight is 316 g/mol. The number of hydrogen-bond acceptors (Lipinski definition) is 6. The lowest BCUT2D eigenvalue weighted by atomic mass is 9.96. The van der Waals surface area contributed by atoms with Crippen molar-refractivity contribution in [1.82, 2.24) is 0 Å². The molecule has 1 rings (SSSR count). The summed E-state index contributed by atoms with van der Waals surface area (Å²) in [5.41, 5.74) is 0.429. The van der Waals surface area contributed by atoms with E-state index >= 15 is 0 Å². The molecule has 0 aromatic carbocycles. The van der Waals surface area contributed by atoms with Crippen LogP contribution in [0.25, 0.3) is 0 Å². The summed E-state index contributed by atoms with van der Waals surface area (Å²) in [5.74, 6) is 0. The molecule has 0 bridgehead atoms. The number of hydrogen-bond donors (Lipinski definition) is 4. The van der Waals surface area contributed by atoms with Crippen LogP contribution in [0.4, 0.5) is 0 Å². The van der Waals surface area contributed by atoms with Crippen molar-refractivity contribution in [2.45, 2.75) is 69.9 Å². The summed E-state index contributed by atoms with van der Waals surface area (Å²) in [7, 11) is 0. The standard InChI is InChI=1S/C16H28O6/c1-5-16(4,8-6-7-10(2)3)22-15-14(20)13(19)12(18)11(9-17)21-15/h5,7,11-15,17-20H,1,6,8-9H2,2-4H3/t11-,12+,13+,14-,15+,16?/m1/s1. The third-order valence-corrected chi connectivity index (χ3v) is 3.86. The van der Waals surface area contributed by atoms with Gasteiger partial charge in [-0.15, -0.1) is 6.58 Å². The predicted octanol–water partition coefficient (Wildman–Crippen LogP) is 0.494. The molecule has 22 heavy (non-hydrogen) atoms. The van der Waals surface area contributed by atoms with E-state index in [1.54, 1.807) is 13.0 Å². The minimum absolute atomic E-state index is 0.479. The molecule has 0 aromatic heterocycles. The van der Waals surface area contributed by atoms with Gasteiger partial charge < -0.3 is 29.9 Å². The highest BCUT2D eigenvalue weighted by molar-refractivity contribution is 5.00. The zero-order valence-electron chi connectivity index (χ0n) is 13.5. The Labute approximate surface area is 131 Å². The first-order valence-electron chi connectivity index (χ1n) is 7.49. The Balaban J connectivity index is 2.75. The van der Waals surface area contributed by atoms with E-state index in [0.29, 0.717) is 6.42 Å². The topological polar surface area (TPSA) is 99.4 Å². The highest BCUT2D eigenvalue weighted by Crippen LogP contribution is 2.29. The molecule has 0 amide bonds. The molecule has 6 heteroatoms. The van der Waals surface area contributed by atoms with E-state index in [9.17, 15) is 20.4 Å². The third-order valence-electron chi connectivity index (χ3n) is 3.86. The van der Waals surface area contributed by atoms with Crippen LogP contribution in [-0.2, 0) is 9.47 Å². The lowest BCUT2D eigenvalue weighted by Gasteiger charge is -2.42. The molecule has 1 aliphatic heterocycles. The number of ether oxygens (including phenoxy) is 2. The van der Waals surface area contributed by atoms with E-state index in [0.717, 1.165) is 6.42 Å². The Morgan fingerprint density at radius 2 is 1.86 bits per heavy atom. The molecule has 0 aliphatic carbocycles. The molecule has 0 radical (unpaired) electrons. The molecule has 0 saturated carbocycles. The summed E-state index contributed by atoms with van der Waals surface area (Å²) < 4.78 is 11.1. The van der Waals surface area contributed by atoms with Crippen LogP contribution in [0.15, 0.2) is 24.3 Å². The van der Waals surface area contributed by atoms with Crippen LogP contribution in [0.3, 0.4) is 0 Å². The Hall–Kier alpha value is -0.760. The number of aliphatic hydroxyl groups is 4. The van der Waals surface area contributed by atoms with Crippen LogP contribution in [0.2, 0.25) is 0 Å². The molecule has 128 valence electrons. The number of aliphatic hydroxyl groups excluding tert-OH is 4. The van der Waals surface area contributed by atoms with Gasteiger partial charge >= 0.3 is 0 Å². The highest BCUT2D eigenvalue weighted by Gasteiger charge is 2.45. The van der Waals surface area contributed by atoms with Crippen molar-refractivity contribution in [1.29, 1.82) is 0 Å². The first-order valence-corrected chi connectivity index (χ1v) is 7.49. The third kappa shape index (κ3) is 4.87. The van der Waals surface area contributed by atoms with E-state index in [1.807, 2.05) is 13.8 Å². The lowest BCUT2D eigenvalue weighted by Crippen LogP contribution is -2.60. The van der Waals surface area contributed by atoms with Crippen molar-refractivity contribution >= 4 is 0 Å². The van der Waals surface area contributed by atoms with Gasteiger partial charge in [-0.05, 0) is 33.6 Å². The monoisotopic (exact) mass is 316 g/mol. The van der Waals surface area contributed by atoms with Gasteiger partial charge in [0.15, 0.2) is 6.29 Å². The summed E-state index contributed by atoms with van der Waals surface area (Å²) in [6.07, 6.45) is -1.28. The maximum atomic E-state index is 10.0. The van der Waals surface area contributed by atoms with Gasteiger partial charge in [-0.2, -0.15) is 0 Å². The van der Waals surface area contributed by atoms with E-state index in [4.69, 9.17) is 9.47 Å². The average Bonchev–Trinajstić information content (AvgIpc) is 2.47. The molecule has 1 heterocycles. The van der Waals surface area contributed by atoms with Gasteiger partial charge in [-0.3, -0.25) is 0 Å². The fourth-order valence-electron chi connectivity index (χ4n) is 2.29. The fraction of sp³-hybridized carbons (Fsp3) is 0.750. The highest BCUT2D eigenvalue weighted by atomic mass is 16.7. The molecule has 0 spiro atoms. The smallest absolute Gasteiger partial charge is 0.187 e. The van der Waals surface area contributed by atoms with Crippen LogP contribution < -0.4 is 0 Å². The van der Waals surface area contributed by atoms with E-state index < -0.39 is 42.9 Å². The summed E-state index contributed by atoms with van der Waals surface area (Å²) in [6.45, 7) is 9.08. The summed E-state index contributed by atoms with van der Waals surface area (Å²) >= 11 is 0. The molecule has 6 nitrogen and oxygen atoms in total. The van der Waals surface area contributed by atoms with Crippen molar-refractivity contribution in [3.05, 3.63) is 24.3 Å². The zero-order valence-corrected chi connectivity index (χ0v) is 13.5. The van der Waals surface area contributed by atoms with E-state index in [1.165, 1.54) is 5.57 Å². The summed E-state index contributed by atoms with van der Waals surface area (Å²) in [5, 5.41) is 38.7. The lowest BCUT2D eigenvalue weighted by molar-refractivity contribution is -0.319. The second-order valence-corrected chi connectivity index (χ2v) is 6.15. The maximum absolute atomic E-state index is 10.0. The normalized spacial score (nSPS) is 34.8.